The molecular formula is C28H33N7O4. The van der Waals surface area contributed by atoms with E-state index < -0.39 is 6.04 Å². The Morgan fingerprint density at radius 3 is 2.69 bits per heavy atom. The van der Waals surface area contributed by atoms with Gasteiger partial charge in [-0.1, -0.05) is 12.1 Å². The molecule has 2 aromatic carbocycles. The molecule has 0 unspecified atom stereocenters. The van der Waals surface area contributed by atoms with E-state index in [4.69, 9.17) is 14.2 Å². The minimum Gasteiger partial charge on any atom is -0.497 e. The predicted molar refractivity (Wildman–Crippen MR) is 147 cm³/mol. The molecule has 2 aliphatic rings. The quantitative estimate of drug-likeness (QED) is 0.367. The number of nitrogens with zero attached hydrogens (tertiary/aromatic N) is 6. The number of pyridine rings is 1. The van der Waals surface area contributed by atoms with Gasteiger partial charge in [0.25, 0.3) is 5.56 Å². The third-order valence-electron chi connectivity index (χ3n) is 7.69. The van der Waals surface area contributed by atoms with E-state index in [-0.39, 0.29) is 11.7 Å². The van der Waals surface area contributed by atoms with Gasteiger partial charge in [0.1, 0.15) is 17.5 Å². The fourth-order valence-electron chi connectivity index (χ4n) is 5.66. The van der Waals surface area contributed by atoms with Crippen molar-refractivity contribution in [1.29, 1.82) is 0 Å². The molecule has 39 heavy (non-hydrogen) atoms. The van der Waals surface area contributed by atoms with Crippen molar-refractivity contribution < 1.29 is 14.2 Å². The molecule has 204 valence electrons. The van der Waals surface area contributed by atoms with Crippen LogP contribution in [0.3, 0.4) is 0 Å². The van der Waals surface area contributed by atoms with Crippen molar-refractivity contribution in [2.24, 2.45) is 0 Å². The number of para-hydroxylation sites is 2. The van der Waals surface area contributed by atoms with E-state index in [1.807, 2.05) is 47.1 Å². The Kier molecular flexibility index (Phi) is 7.16. The second-order valence-corrected chi connectivity index (χ2v) is 9.96. The standard InChI is InChI=1S/C28H33N7O4/c1-37-20-10-9-19-16-22(28(36)29-23(19)17-20)26(27-30-31-32-35(27)18-21-6-5-15-39-21)34-13-11-33(12-14-34)24-7-3-4-8-25(24)38-2/h3-4,7-10,16-17,21,26H,5-6,11-15,18H2,1-2H3,(H,29,36)/t21-,26+/m0/s1. The van der Waals surface area contributed by atoms with Gasteiger partial charge in [-0.25, -0.2) is 4.68 Å². The number of rotatable bonds is 8. The fraction of sp³-hybridized carbons (Fsp3) is 0.429. The van der Waals surface area contributed by atoms with E-state index in [2.05, 4.69) is 36.4 Å². The van der Waals surface area contributed by atoms with Crippen molar-refractivity contribution in [3.63, 3.8) is 0 Å². The molecule has 0 saturated carbocycles. The zero-order valence-corrected chi connectivity index (χ0v) is 22.2. The highest BCUT2D eigenvalue weighted by Crippen LogP contribution is 2.32. The summed E-state index contributed by atoms with van der Waals surface area (Å²) >= 11 is 0. The molecule has 0 spiro atoms. The van der Waals surface area contributed by atoms with Crippen LogP contribution in [0.4, 0.5) is 5.69 Å². The van der Waals surface area contributed by atoms with Crippen molar-refractivity contribution in [3.05, 3.63) is 70.3 Å². The molecule has 4 heterocycles. The molecule has 6 rings (SSSR count). The largest absolute Gasteiger partial charge is 0.497 e. The second-order valence-electron chi connectivity index (χ2n) is 9.96. The Morgan fingerprint density at radius 1 is 1.08 bits per heavy atom. The van der Waals surface area contributed by atoms with E-state index in [1.165, 1.54) is 0 Å². The Labute approximate surface area is 226 Å². The molecule has 1 N–H and O–H groups in total. The summed E-state index contributed by atoms with van der Waals surface area (Å²) in [6.45, 7) is 4.29. The number of H-pyrrole nitrogens is 1. The lowest BCUT2D eigenvalue weighted by molar-refractivity contribution is 0.0906. The van der Waals surface area contributed by atoms with Crippen LogP contribution < -0.4 is 19.9 Å². The molecule has 2 saturated heterocycles. The average molecular weight is 532 g/mol. The molecule has 0 bridgehead atoms. The highest BCUT2D eigenvalue weighted by atomic mass is 16.5. The molecule has 2 aromatic heterocycles. The number of methoxy groups -OCH3 is 2. The van der Waals surface area contributed by atoms with E-state index in [0.717, 1.165) is 68.0 Å². The molecule has 0 aliphatic carbocycles. The third-order valence-corrected chi connectivity index (χ3v) is 7.69. The van der Waals surface area contributed by atoms with Crippen LogP contribution in [0.15, 0.2) is 53.3 Å². The fourth-order valence-corrected chi connectivity index (χ4v) is 5.66. The van der Waals surface area contributed by atoms with E-state index in [9.17, 15) is 4.79 Å². The second kappa shape index (κ2) is 11.0. The van der Waals surface area contributed by atoms with Gasteiger partial charge >= 0.3 is 0 Å². The minimum absolute atomic E-state index is 0.0673. The van der Waals surface area contributed by atoms with Gasteiger partial charge in [-0.15, -0.1) is 5.10 Å². The maximum absolute atomic E-state index is 13.6. The molecule has 4 aromatic rings. The van der Waals surface area contributed by atoms with Crippen LogP contribution in [-0.2, 0) is 11.3 Å². The van der Waals surface area contributed by atoms with E-state index >= 15 is 0 Å². The van der Waals surface area contributed by atoms with Crippen molar-refractivity contribution >= 4 is 16.6 Å². The Morgan fingerprint density at radius 2 is 1.92 bits per heavy atom. The van der Waals surface area contributed by atoms with Gasteiger partial charge in [0.2, 0.25) is 0 Å². The number of nitrogens with one attached hydrogen (secondary N) is 1. The van der Waals surface area contributed by atoms with Gasteiger partial charge in [-0.3, -0.25) is 9.69 Å². The van der Waals surface area contributed by atoms with E-state index in [0.29, 0.717) is 23.7 Å². The topological polar surface area (TPSA) is 111 Å². The first kappa shape index (κ1) is 25.3. The highest BCUT2D eigenvalue weighted by Gasteiger charge is 2.34. The minimum atomic E-state index is -0.420. The maximum Gasteiger partial charge on any atom is 0.253 e. The number of fused-ring (bicyclic) bond motifs is 1. The van der Waals surface area contributed by atoms with Crippen LogP contribution in [0.5, 0.6) is 11.5 Å². The van der Waals surface area contributed by atoms with Gasteiger partial charge < -0.3 is 24.1 Å². The summed E-state index contributed by atoms with van der Waals surface area (Å²) in [6, 6.07) is 15.3. The average Bonchev–Trinajstić information content (AvgIpc) is 3.66. The number of aromatic nitrogens is 5. The summed E-state index contributed by atoms with van der Waals surface area (Å²) in [5.41, 5.74) is 2.24. The molecule has 0 amide bonds. The summed E-state index contributed by atoms with van der Waals surface area (Å²) in [6.07, 6.45) is 2.07. The number of piperazine rings is 1. The molecule has 2 atom stereocenters. The first-order valence-corrected chi connectivity index (χ1v) is 13.3. The number of aromatic amines is 1. The Hall–Kier alpha value is -3.96. The first-order chi connectivity index (χ1) is 19.1. The third kappa shape index (κ3) is 5.07. The van der Waals surface area contributed by atoms with Crippen molar-refractivity contribution in [3.8, 4) is 11.5 Å². The van der Waals surface area contributed by atoms with Gasteiger partial charge in [-0.05, 0) is 59.0 Å². The van der Waals surface area contributed by atoms with Crippen molar-refractivity contribution in [2.45, 2.75) is 31.5 Å². The number of tetrazole rings is 1. The van der Waals surface area contributed by atoms with Crippen LogP contribution in [0.1, 0.15) is 30.3 Å². The lowest BCUT2D eigenvalue weighted by atomic mass is 10.0. The molecular weight excluding hydrogens is 498 g/mol. The molecule has 2 aliphatic heterocycles. The van der Waals surface area contributed by atoms with Crippen LogP contribution in [0.25, 0.3) is 10.9 Å². The predicted octanol–water partition coefficient (Wildman–Crippen LogP) is 2.62. The summed E-state index contributed by atoms with van der Waals surface area (Å²) in [5, 5.41) is 13.7. The van der Waals surface area contributed by atoms with Crippen LogP contribution in [0.2, 0.25) is 0 Å². The maximum atomic E-state index is 13.6. The summed E-state index contributed by atoms with van der Waals surface area (Å²) in [4.78, 5) is 21.3. The lowest BCUT2D eigenvalue weighted by Crippen LogP contribution is -2.49. The Bertz CT molecular complexity index is 1490. The Balaban J connectivity index is 1.36. The SMILES string of the molecule is COc1ccc2cc([C@H](c3nnnn3C[C@@H]3CCCO3)N3CCN(c4ccccc4OC)CC3)c(=O)[nH]c2c1. The number of anilines is 1. The first-order valence-electron chi connectivity index (χ1n) is 13.3. The zero-order valence-electron chi connectivity index (χ0n) is 22.2. The van der Waals surface area contributed by atoms with Crippen LogP contribution in [-0.4, -0.2) is 83.2 Å². The number of hydrogen-bond acceptors (Lipinski definition) is 9. The van der Waals surface area contributed by atoms with Crippen molar-refractivity contribution in [1.82, 2.24) is 30.1 Å². The van der Waals surface area contributed by atoms with Gasteiger partial charge in [-0.2, -0.15) is 0 Å². The van der Waals surface area contributed by atoms with Gasteiger partial charge in [0.15, 0.2) is 5.82 Å². The molecule has 0 radical (unpaired) electrons. The number of ether oxygens (including phenoxy) is 3. The summed E-state index contributed by atoms with van der Waals surface area (Å²) in [7, 11) is 3.31. The van der Waals surface area contributed by atoms with E-state index in [1.54, 1.807) is 14.2 Å². The normalized spacial score (nSPS) is 18.9. The molecule has 2 fully saturated rings. The number of benzene rings is 2. The van der Waals surface area contributed by atoms with Gasteiger partial charge in [0.05, 0.1) is 38.1 Å². The number of hydrogen-bond donors (Lipinski definition) is 1. The summed E-state index contributed by atoms with van der Waals surface area (Å²) < 4.78 is 18.6. The van der Waals surface area contributed by atoms with Crippen molar-refractivity contribution in [2.75, 3.05) is 51.9 Å². The van der Waals surface area contributed by atoms with Crippen LogP contribution >= 0.6 is 0 Å². The summed E-state index contributed by atoms with van der Waals surface area (Å²) in [5.74, 6) is 2.19. The lowest BCUT2D eigenvalue weighted by Gasteiger charge is -2.40. The molecule has 11 nitrogen and oxygen atoms in total. The van der Waals surface area contributed by atoms with Crippen LogP contribution in [0, 0.1) is 0 Å². The van der Waals surface area contributed by atoms with Gasteiger partial charge in [0, 0.05) is 44.4 Å². The smallest absolute Gasteiger partial charge is 0.253 e. The monoisotopic (exact) mass is 531 g/mol. The zero-order chi connectivity index (χ0) is 26.8. The highest BCUT2D eigenvalue weighted by molar-refractivity contribution is 5.80. The molecule has 11 heteroatoms.